The molecule has 166 valence electrons. The molecule has 4 bridgehead atoms. The van der Waals surface area contributed by atoms with E-state index in [0.29, 0.717) is 36.5 Å². The van der Waals surface area contributed by atoms with Crippen LogP contribution in [0.15, 0.2) is 5.38 Å². The van der Waals surface area contributed by atoms with Crippen LogP contribution in [0.2, 0.25) is 0 Å². The minimum Gasteiger partial charge on any atom is -0.350 e. The topological polar surface area (TPSA) is 62.3 Å². The van der Waals surface area contributed by atoms with Crippen molar-refractivity contribution in [3.05, 3.63) is 16.1 Å². The van der Waals surface area contributed by atoms with Crippen LogP contribution in [0.1, 0.15) is 81.7 Å². The van der Waals surface area contributed by atoms with E-state index in [9.17, 15) is 9.59 Å². The fourth-order valence-electron chi connectivity index (χ4n) is 6.41. The number of thiazole rings is 1. The van der Waals surface area contributed by atoms with Gasteiger partial charge in [0.2, 0.25) is 5.91 Å². The third kappa shape index (κ3) is 4.58. The molecule has 6 heteroatoms. The maximum absolute atomic E-state index is 13.9. The summed E-state index contributed by atoms with van der Waals surface area (Å²) in [5, 5.41) is 5.63. The molecule has 4 fully saturated rings. The van der Waals surface area contributed by atoms with E-state index < -0.39 is 0 Å². The molecular formula is C24H37N3O2S. The number of nitrogens with one attached hydrogen (secondary N) is 1. The minimum atomic E-state index is -0.127. The summed E-state index contributed by atoms with van der Waals surface area (Å²) in [6.45, 7) is 10.4. The average molecular weight is 432 g/mol. The van der Waals surface area contributed by atoms with Gasteiger partial charge in [0.15, 0.2) is 0 Å². The van der Waals surface area contributed by atoms with Crippen molar-refractivity contribution >= 4 is 23.2 Å². The number of carbonyl (C=O) groups excluding carboxylic acids is 2. The first-order valence-electron chi connectivity index (χ1n) is 11.8. The molecule has 0 atom stereocenters. The lowest BCUT2D eigenvalue weighted by Crippen LogP contribution is -2.54. The van der Waals surface area contributed by atoms with E-state index in [4.69, 9.17) is 0 Å². The number of nitrogens with zero attached hydrogens (tertiary/aromatic N) is 2. The Morgan fingerprint density at radius 1 is 1.10 bits per heavy atom. The summed E-state index contributed by atoms with van der Waals surface area (Å²) in [5.41, 5.74) is 0.348. The van der Waals surface area contributed by atoms with Gasteiger partial charge in [0.1, 0.15) is 10.7 Å². The maximum atomic E-state index is 13.9. The first-order chi connectivity index (χ1) is 14.2. The van der Waals surface area contributed by atoms with Crippen LogP contribution < -0.4 is 5.32 Å². The highest BCUT2D eigenvalue weighted by Crippen LogP contribution is 2.60. The van der Waals surface area contributed by atoms with E-state index in [-0.39, 0.29) is 11.3 Å². The summed E-state index contributed by atoms with van der Waals surface area (Å²) in [5.74, 6) is 3.35. The van der Waals surface area contributed by atoms with Gasteiger partial charge >= 0.3 is 0 Å². The third-order valence-corrected chi connectivity index (χ3v) is 7.98. The summed E-state index contributed by atoms with van der Waals surface area (Å²) in [7, 11) is 0. The molecule has 0 saturated heterocycles. The van der Waals surface area contributed by atoms with Crippen LogP contribution in [0.5, 0.6) is 0 Å². The molecule has 4 aliphatic carbocycles. The van der Waals surface area contributed by atoms with E-state index in [1.807, 2.05) is 5.38 Å². The van der Waals surface area contributed by atoms with Gasteiger partial charge < -0.3 is 10.2 Å². The van der Waals surface area contributed by atoms with Crippen LogP contribution in [0, 0.1) is 35.0 Å². The lowest BCUT2D eigenvalue weighted by Gasteiger charge is -2.56. The van der Waals surface area contributed by atoms with Crippen molar-refractivity contribution in [3.63, 3.8) is 0 Å². The quantitative estimate of drug-likeness (QED) is 0.647. The number of aromatic nitrogens is 1. The molecule has 1 N–H and O–H groups in total. The van der Waals surface area contributed by atoms with Crippen molar-refractivity contribution in [1.82, 2.24) is 15.2 Å². The summed E-state index contributed by atoms with van der Waals surface area (Å²) in [6, 6.07) is 0. The smallest absolute Gasteiger partial charge is 0.270 e. The molecular weight excluding hydrogens is 394 g/mol. The van der Waals surface area contributed by atoms with E-state index in [0.717, 1.165) is 48.6 Å². The van der Waals surface area contributed by atoms with Gasteiger partial charge in [-0.3, -0.25) is 9.59 Å². The van der Waals surface area contributed by atoms with Gasteiger partial charge in [-0.2, -0.15) is 0 Å². The van der Waals surface area contributed by atoms with Crippen molar-refractivity contribution < 1.29 is 9.59 Å². The summed E-state index contributed by atoms with van der Waals surface area (Å²) in [4.78, 5) is 32.9. The number of amides is 2. The summed E-state index contributed by atoms with van der Waals surface area (Å²) < 4.78 is 0. The summed E-state index contributed by atoms with van der Waals surface area (Å²) in [6.07, 6.45) is 7.31. The van der Waals surface area contributed by atoms with Crippen molar-refractivity contribution in [2.45, 2.75) is 72.8 Å². The molecule has 4 aliphatic rings. The zero-order valence-electron chi connectivity index (χ0n) is 18.9. The Kier molecular flexibility index (Phi) is 6.25. The second kappa shape index (κ2) is 8.60. The van der Waals surface area contributed by atoms with E-state index in [1.54, 1.807) is 0 Å². The molecule has 30 heavy (non-hydrogen) atoms. The largest absolute Gasteiger partial charge is 0.350 e. The Hall–Kier alpha value is -1.43. The molecule has 0 unspecified atom stereocenters. The van der Waals surface area contributed by atoms with Crippen LogP contribution in [-0.4, -0.2) is 34.8 Å². The Labute approximate surface area is 185 Å². The van der Waals surface area contributed by atoms with Gasteiger partial charge in [0.25, 0.3) is 5.91 Å². The zero-order valence-corrected chi connectivity index (χ0v) is 19.8. The fourth-order valence-corrected chi connectivity index (χ4v) is 7.20. The number of hydrogen-bond donors (Lipinski definition) is 1. The van der Waals surface area contributed by atoms with Crippen LogP contribution in [0.25, 0.3) is 0 Å². The van der Waals surface area contributed by atoms with Crippen molar-refractivity contribution in [2.24, 2.45) is 35.0 Å². The van der Waals surface area contributed by atoms with Gasteiger partial charge in [-0.1, -0.05) is 27.7 Å². The number of carbonyl (C=O) groups is 2. The van der Waals surface area contributed by atoms with Gasteiger partial charge in [-0.25, -0.2) is 4.98 Å². The molecule has 5 nitrogen and oxygen atoms in total. The van der Waals surface area contributed by atoms with Crippen molar-refractivity contribution in [2.75, 3.05) is 13.1 Å². The molecule has 0 aliphatic heterocycles. The SMILES string of the molecule is CC(C)CNC(=O)c1csc(CN(CC(C)C)C(=O)C23CC4CC(CC(C4)C2)C3)n1. The van der Waals surface area contributed by atoms with E-state index >= 15 is 0 Å². The van der Waals surface area contributed by atoms with Crippen LogP contribution in [-0.2, 0) is 11.3 Å². The lowest BCUT2D eigenvalue weighted by atomic mass is 9.49. The zero-order chi connectivity index (χ0) is 21.5. The number of rotatable bonds is 8. The Balaban J connectivity index is 1.47. The van der Waals surface area contributed by atoms with Crippen LogP contribution in [0.4, 0.5) is 0 Å². The molecule has 5 rings (SSSR count). The van der Waals surface area contributed by atoms with Gasteiger partial charge in [-0.05, 0) is 68.1 Å². The maximum Gasteiger partial charge on any atom is 0.270 e. The van der Waals surface area contributed by atoms with Crippen LogP contribution >= 0.6 is 11.3 Å². The number of hydrogen-bond acceptors (Lipinski definition) is 4. The predicted octanol–water partition coefficient (Wildman–Crippen LogP) is 4.73. The van der Waals surface area contributed by atoms with Gasteiger partial charge in [0.05, 0.1) is 12.0 Å². The Bertz CT molecular complexity index is 750. The molecule has 1 heterocycles. The standard InChI is InChI=1S/C24H37N3O2S/c1-15(2)11-25-22(28)20-14-30-21(26-20)13-27(12-16(3)4)23(29)24-8-17-5-18(9-24)7-19(6-17)10-24/h14-19H,5-13H2,1-4H3,(H,25,28). The molecule has 2 amide bonds. The van der Waals surface area contributed by atoms with E-state index in [2.05, 4.69) is 42.9 Å². The first-order valence-corrected chi connectivity index (χ1v) is 12.6. The molecule has 0 spiro atoms. The first kappa shape index (κ1) is 21.8. The lowest BCUT2D eigenvalue weighted by molar-refractivity contribution is -0.158. The molecule has 4 saturated carbocycles. The fraction of sp³-hybridized carbons (Fsp3) is 0.792. The Morgan fingerprint density at radius 3 is 2.23 bits per heavy atom. The monoisotopic (exact) mass is 431 g/mol. The average Bonchev–Trinajstić information content (AvgIpc) is 3.12. The Morgan fingerprint density at radius 2 is 1.70 bits per heavy atom. The normalized spacial score (nSPS) is 29.6. The minimum absolute atomic E-state index is 0.117. The molecule has 0 radical (unpaired) electrons. The molecule has 1 aromatic rings. The van der Waals surface area contributed by atoms with E-state index in [1.165, 1.54) is 30.6 Å². The highest BCUT2D eigenvalue weighted by Gasteiger charge is 2.55. The van der Waals surface area contributed by atoms with Crippen molar-refractivity contribution in [1.29, 1.82) is 0 Å². The molecule has 0 aromatic carbocycles. The summed E-state index contributed by atoms with van der Waals surface area (Å²) >= 11 is 1.50. The highest BCUT2D eigenvalue weighted by molar-refractivity contribution is 7.09. The molecule has 1 aromatic heterocycles. The highest BCUT2D eigenvalue weighted by atomic mass is 32.1. The van der Waals surface area contributed by atoms with Crippen LogP contribution in [0.3, 0.4) is 0 Å². The predicted molar refractivity (Wildman–Crippen MR) is 120 cm³/mol. The van der Waals surface area contributed by atoms with Gasteiger partial charge in [0, 0.05) is 18.5 Å². The third-order valence-electron chi connectivity index (χ3n) is 7.15. The van der Waals surface area contributed by atoms with Gasteiger partial charge in [-0.15, -0.1) is 11.3 Å². The second-order valence-corrected chi connectivity index (χ2v) is 12.0. The second-order valence-electron chi connectivity index (χ2n) is 11.0. The van der Waals surface area contributed by atoms with Crippen molar-refractivity contribution in [3.8, 4) is 0 Å².